The van der Waals surface area contributed by atoms with Crippen LogP contribution in [0.5, 0.6) is 0 Å². The van der Waals surface area contributed by atoms with Gasteiger partial charge in [-0.3, -0.25) is 4.72 Å². The highest BCUT2D eigenvalue weighted by Gasteiger charge is 2.10. The van der Waals surface area contributed by atoms with Crippen molar-refractivity contribution in [1.82, 2.24) is 4.72 Å². The highest BCUT2D eigenvalue weighted by molar-refractivity contribution is 7.90. The molecule has 19 heavy (non-hydrogen) atoms. The van der Waals surface area contributed by atoms with Gasteiger partial charge >= 0.3 is 0 Å². The minimum absolute atomic E-state index is 0.0149. The lowest BCUT2D eigenvalue weighted by Crippen LogP contribution is -2.30. The molecule has 6 heteroatoms. The number of para-hydroxylation sites is 1. The summed E-state index contributed by atoms with van der Waals surface area (Å²) in [6.07, 6.45) is 1.08. The Labute approximate surface area is 114 Å². The van der Waals surface area contributed by atoms with Crippen LogP contribution < -0.4 is 9.44 Å². The number of hydrogen-bond donors (Lipinski definition) is 3. The summed E-state index contributed by atoms with van der Waals surface area (Å²) in [5.41, 5.74) is 1.01. The smallest absolute Gasteiger partial charge is 0.299 e. The molecule has 0 unspecified atom stereocenters. The molecule has 5 nitrogen and oxygen atoms in total. The summed E-state index contributed by atoms with van der Waals surface area (Å²) in [5, 5.41) is 8.67. The first-order valence-corrected chi connectivity index (χ1v) is 7.53. The van der Waals surface area contributed by atoms with Gasteiger partial charge in [0.05, 0.1) is 12.3 Å². The van der Waals surface area contributed by atoms with Crippen LogP contribution in [-0.4, -0.2) is 26.7 Å². The lowest BCUT2D eigenvalue weighted by molar-refractivity contribution is 0.305. The number of aliphatic hydroxyl groups excluding tert-OH is 1. The van der Waals surface area contributed by atoms with Crippen molar-refractivity contribution in [3.8, 4) is 11.8 Å². The van der Waals surface area contributed by atoms with Crippen LogP contribution in [0.3, 0.4) is 0 Å². The molecule has 0 heterocycles. The average molecular weight is 282 g/mol. The standard InChI is InChI=1S/C13H18N2O3S/c1-2-10-14-19(17,18)15-13-9-4-3-7-12(13)8-5-6-11-16/h3-4,7,9,14-16H,2,6,10-11H2,1H3. The van der Waals surface area contributed by atoms with Crippen molar-refractivity contribution in [1.29, 1.82) is 0 Å². The second-order valence-corrected chi connectivity index (χ2v) is 5.32. The van der Waals surface area contributed by atoms with E-state index < -0.39 is 10.2 Å². The van der Waals surface area contributed by atoms with Crippen LogP contribution in [0, 0.1) is 11.8 Å². The summed E-state index contributed by atoms with van der Waals surface area (Å²) in [7, 11) is -3.57. The first-order chi connectivity index (χ1) is 9.09. The third kappa shape index (κ3) is 5.75. The van der Waals surface area contributed by atoms with Crippen molar-refractivity contribution in [2.45, 2.75) is 19.8 Å². The maximum atomic E-state index is 11.7. The Morgan fingerprint density at radius 1 is 1.32 bits per heavy atom. The molecule has 0 aliphatic heterocycles. The third-order valence-electron chi connectivity index (χ3n) is 2.17. The minimum Gasteiger partial charge on any atom is -0.395 e. The lowest BCUT2D eigenvalue weighted by Gasteiger charge is -2.10. The molecule has 1 rings (SSSR count). The second kappa shape index (κ2) is 7.79. The molecule has 0 aliphatic rings. The molecule has 0 aliphatic carbocycles. The summed E-state index contributed by atoms with van der Waals surface area (Å²) in [6.45, 7) is 2.25. The topological polar surface area (TPSA) is 78.4 Å². The predicted molar refractivity (Wildman–Crippen MR) is 75.9 cm³/mol. The molecule has 0 radical (unpaired) electrons. The Hall–Kier alpha value is -1.55. The first-order valence-electron chi connectivity index (χ1n) is 6.05. The molecular weight excluding hydrogens is 264 g/mol. The van der Waals surface area contributed by atoms with E-state index in [-0.39, 0.29) is 6.61 Å². The number of aliphatic hydroxyl groups is 1. The predicted octanol–water partition coefficient (Wildman–Crippen LogP) is 1.08. The molecule has 0 spiro atoms. The van der Waals surface area contributed by atoms with Crippen molar-refractivity contribution < 1.29 is 13.5 Å². The number of benzene rings is 1. The van der Waals surface area contributed by atoms with E-state index in [2.05, 4.69) is 21.3 Å². The Bertz CT molecular complexity index is 559. The van der Waals surface area contributed by atoms with E-state index in [0.29, 0.717) is 24.2 Å². The van der Waals surface area contributed by atoms with Gasteiger partial charge in [0, 0.05) is 18.5 Å². The van der Waals surface area contributed by atoms with E-state index in [4.69, 9.17) is 5.11 Å². The van der Waals surface area contributed by atoms with Gasteiger partial charge in [0.25, 0.3) is 10.2 Å². The van der Waals surface area contributed by atoms with Crippen LogP contribution >= 0.6 is 0 Å². The van der Waals surface area contributed by atoms with Crippen LogP contribution in [0.15, 0.2) is 24.3 Å². The van der Waals surface area contributed by atoms with E-state index >= 15 is 0 Å². The van der Waals surface area contributed by atoms with Gasteiger partial charge in [-0.05, 0) is 18.6 Å². The van der Waals surface area contributed by atoms with Crippen LogP contribution in [0.1, 0.15) is 25.3 Å². The van der Waals surface area contributed by atoms with Crippen LogP contribution in [0.4, 0.5) is 5.69 Å². The maximum Gasteiger partial charge on any atom is 0.299 e. The highest BCUT2D eigenvalue weighted by atomic mass is 32.2. The van der Waals surface area contributed by atoms with Gasteiger partial charge in [0.15, 0.2) is 0 Å². The van der Waals surface area contributed by atoms with Crippen molar-refractivity contribution in [3.63, 3.8) is 0 Å². The lowest BCUT2D eigenvalue weighted by atomic mass is 10.2. The zero-order chi connectivity index (χ0) is 14.1. The highest BCUT2D eigenvalue weighted by Crippen LogP contribution is 2.14. The molecule has 104 valence electrons. The van der Waals surface area contributed by atoms with E-state index in [0.717, 1.165) is 6.42 Å². The van der Waals surface area contributed by atoms with Gasteiger partial charge in [0.2, 0.25) is 0 Å². The van der Waals surface area contributed by atoms with E-state index in [9.17, 15) is 8.42 Å². The largest absolute Gasteiger partial charge is 0.395 e. The monoisotopic (exact) mass is 282 g/mol. The van der Waals surface area contributed by atoms with E-state index in [1.54, 1.807) is 24.3 Å². The van der Waals surface area contributed by atoms with Gasteiger partial charge in [-0.25, -0.2) is 0 Å². The summed E-state index contributed by atoms with van der Waals surface area (Å²) < 4.78 is 28.3. The molecule has 0 saturated carbocycles. The van der Waals surface area contributed by atoms with Gasteiger partial charge in [-0.1, -0.05) is 30.9 Å². The molecule has 0 bridgehead atoms. The Balaban J connectivity index is 2.87. The molecule has 0 aromatic heterocycles. The summed E-state index contributed by atoms with van der Waals surface area (Å²) >= 11 is 0. The van der Waals surface area contributed by atoms with E-state index in [1.165, 1.54) is 0 Å². The van der Waals surface area contributed by atoms with Crippen molar-refractivity contribution >= 4 is 15.9 Å². The average Bonchev–Trinajstić information content (AvgIpc) is 2.38. The zero-order valence-electron chi connectivity index (χ0n) is 10.8. The number of hydrogen-bond acceptors (Lipinski definition) is 3. The normalized spacial score (nSPS) is 10.6. The molecule has 0 atom stereocenters. The Morgan fingerprint density at radius 2 is 2.05 bits per heavy atom. The maximum absolute atomic E-state index is 11.7. The van der Waals surface area contributed by atoms with Gasteiger partial charge in [0.1, 0.15) is 0 Å². The molecule has 0 amide bonds. The third-order valence-corrected chi connectivity index (χ3v) is 3.25. The molecule has 3 N–H and O–H groups in total. The molecule has 1 aromatic carbocycles. The Kier molecular flexibility index (Phi) is 6.36. The van der Waals surface area contributed by atoms with Gasteiger partial charge in [-0.2, -0.15) is 13.1 Å². The fourth-order valence-corrected chi connectivity index (χ4v) is 2.32. The summed E-state index contributed by atoms with van der Waals surface area (Å²) in [5.74, 6) is 5.59. The SMILES string of the molecule is CCCNS(=O)(=O)Nc1ccccc1C#CCCO. The van der Waals surface area contributed by atoms with Crippen LogP contribution in [-0.2, 0) is 10.2 Å². The number of rotatable bonds is 6. The summed E-state index contributed by atoms with van der Waals surface area (Å²) in [6, 6.07) is 6.88. The second-order valence-electron chi connectivity index (χ2n) is 3.82. The van der Waals surface area contributed by atoms with Crippen LogP contribution in [0.2, 0.25) is 0 Å². The number of nitrogens with one attached hydrogen (secondary N) is 2. The van der Waals surface area contributed by atoms with Crippen molar-refractivity contribution in [3.05, 3.63) is 29.8 Å². The van der Waals surface area contributed by atoms with Crippen molar-refractivity contribution in [2.75, 3.05) is 17.9 Å². The van der Waals surface area contributed by atoms with Crippen LogP contribution in [0.25, 0.3) is 0 Å². The quantitative estimate of drug-likeness (QED) is 0.683. The minimum atomic E-state index is -3.57. The zero-order valence-corrected chi connectivity index (χ0v) is 11.6. The van der Waals surface area contributed by atoms with Crippen molar-refractivity contribution in [2.24, 2.45) is 0 Å². The fourth-order valence-electron chi connectivity index (χ4n) is 1.31. The van der Waals surface area contributed by atoms with Gasteiger partial charge in [-0.15, -0.1) is 0 Å². The fraction of sp³-hybridized carbons (Fsp3) is 0.385. The Morgan fingerprint density at radius 3 is 2.74 bits per heavy atom. The molecule has 0 saturated heterocycles. The van der Waals surface area contributed by atoms with E-state index in [1.807, 2.05) is 6.92 Å². The molecule has 1 aromatic rings. The first kappa shape index (κ1) is 15.5. The molecular formula is C13H18N2O3S. The molecule has 0 fully saturated rings. The van der Waals surface area contributed by atoms with Gasteiger partial charge < -0.3 is 5.11 Å². The summed E-state index contributed by atoms with van der Waals surface area (Å²) in [4.78, 5) is 0. The number of anilines is 1.